The lowest BCUT2D eigenvalue weighted by atomic mass is 9.76. The Bertz CT molecular complexity index is 1020. The molecule has 0 amide bonds. The van der Waals surface area contributed by atoms with Crippen molar-refractivity contribution in [1.82, 2.24) is 9.55 Å². The predicted molar refractivity (Wildman–Crippen MR) is 117 cm³/mol. The summed E-state index contributed by atoms with van der Waals surface area (Å²) in [7, 11) is 0. The van der Waals surface area contributed by atoms with Gasteiger partial charge in [-0.1, -0.05) is 54.6 Å². The Balaban J connectivity index is 1.19. The van der Waals surface area contributed by atoms with Crippen LogP contribution in [0.1, 0.15) is 60.5 Å². The van der Waals surface area contributed by atoms with E-state index in [1.807, 2.05) is 42.9 Å². The maximum Gasteiger partial charge on any atom is 0.163 e. The van der Waals surface area contributed by atoms with Crippen LogP contribution in [0.5, 0.6) is 0 Å². The van der Waals surface area contributed by atoms with Crippen LogP contribution in [0.15, 0.2) is 67.1 Å². The van der Waals surface area contributed by atoms with Gasteiger partial charge in [-0.15, -0.1) is 0 Å². The Labute approximate surface area is 177 Å². The highest BCUT2D eigenvalue weighted by Gasteiger charge is 2.33. The zero-order chi connectivity index (χ0) is 20.5. The van der Waals surface area contributed by atoms with Crippen LogP contribution < -0.4 is 0 Å². The van der Waals surface area contributed by atoms with Crippen LogP contribution in [0, 0.1) is 11.8 Å². The van der Waals surface area contributed by atoms with Gasteiger partial charge in [-0.05, 0) is 49.5 Å². The highest BCUT2D eigenvalue weighted by molar-refractivity contribution is 5.96. The van der Waals surface area contributed by atoms with E-state index in [2.05, 4.69) is 33.8 Å². The molecular weight excluding hydrogens is 372 g/mol. The fourth-order valence-corrected chi connectivity index (χ4v) is 5.38. The van der Waals surface area contributed by atoms with Gasteiger partial charge in [-0.3, -0.25) is 4.79 Å². The number of imidazole rings is 1. The first-order valence-electron chi connectivity index (χ1n) is 11.1. The average molecular weight is 401 g/mol. The number of aliphatic hydroxyl groups excluding tert-OH is 1. The number of aliphatic hydroxyl groups is 1. The van der Waals surface area contributed by atoms with Gasteiger partial charge < -0.3 is 9.67 Å². The predicted octanol–water partition coefficient (Wildman–Crippen LogP) is 5.28. The number of ketones is 1. The number of carbonyl (C=O) groups excluding carboxylic acids is 1. The molecule has 154 valence electrons. The number of hydrogen-bond donors (Lipinski definition) is 1. The van der Waals surface area contributed by atoms with Crippen molar-refractivity contribution < 1.29 is 9.90 Å². The van der Waals surface area contributed by atoms with Crippen molar-refractivity contribution in [3.05, 3.63) is 78.2 Å². The highest BCUT2D eigenvalue weighted by Crippen LogP contribution is 2.43. The van der Waals surface area contributed by atoms with Gasteiger partial charge in [0.1, 0.15) is 0 Å². The van der Waals surface area contributed by atoms with Crippen LogP contribution in [0.4, 0.5) is 0 Å². The summed E-state index contributed by atoms with van der Waals surface area (Å²) in [6.45, 7) is 0. The first-order chi connectivity index (χ1) is 14.7. The summed E-state index contributed by atoms with van der Waals surface area (Å²) in [6, 6.07) is 18.2. The maximum atomic E-state index is 12.5. The second-order valence-corrected chi connectivity index (χ2v) is 8.87. The molecule has 1 aromatic heterocycles. The molecule has 3 aromatic rings. The zero-order valence-electron chi connectivity index (χ0n) is 17.2. The Kier molecular flexibility index (Phi) is 5.26. The molecule has 2 unspecified atom stereocenters. The molecule has 5 rings (SSSR count). The molecule has 4 nitrogen and oxygen atoms in total. The maximum absolute atomic E-state index is 12.5. The Morgan fingerprint density at radius 1 is 1.03 bits per heavy atom. The first-order valence-corrected chi connectivity index (χ1v) is 11.1. The summed E-state index contributed by atoms with van der Waals surface area (Å²) in [5, 5.41) is 11.1. The number of aromatic nitrogens is 2. The summed E-state index contributed by atoms with van der Waals surface area (Å²) in [5.74, 6) is 0.997. The highest BCUT2D eigenvalue weighted by atomic mass is 16.3. The smallest absolute Gasteiger partial charge is 0.163 e. The number of fused-ring (bicyclic) bond motifs is 3. The van der Waals surface area contributed by atoms with Crippen molar-refractivity contribution in [3.8, 4) is 11.3 Å². The first kappa shape index (κ1) is 19.3. The molecular formula is C26H28N2O2. The van der Waals surface area contributed by atoms with E-state index in [1.165, 1.54) is 11.1 Å². The van der Waals surface area contributed by atoms with Gasteiger partial charge in [0, 0.05) is 17.5 Å². The van der Waals surface area contributed by atoms with Gasteiger partial charge in [0.25, 0.3) is 0 Å². The van der Waals surface area contributed by atoms with Gasteiger partial charge in [0.15, 0.2) is 5.78 Å². The van der Waals surface area contributed by atoms with Crippen LogP contribution in [0.25, 0.3) is 11.3 Å². The summed E-state index contributed by atoms with van der Waals surface area (Å²) in [5.41, 5.74) is 4.48. The number of benzene rings is 2. The third kappa shape index (κ3) is 3.61. The van der Waals surface area contributed by atoms with E-state index in [4.69, 9.17) is 0 Å². The quantitative estimate of drug-likeness (QED) is 0.573. The van der Waals surface area contributed by atoms with Crippen molar-refractivity contribution in [2.75, 3.05) is 0 Å². The van der Waals surface area contributed by atoms with Crippen molar-refractivity contribution in [2.24, 2.45) is 11.8 Å². The summed E-state index contributed by atoms with van der Waals surface area (Å²) >= 11 is 0. The lowest BCUT2D eigenvalue weighted by Crippen LogP contribution is -2.28. The molecule has 1 saturated carbocycles. The van der Waals surface area contributed by atoms with E-state index < -0.39 is 0 Å². The Morgan fingerprint density at radius 3 is 2.57 bits per heavy atom. The molecule has 1 aliphatic carbocycles. The lowest BCUT2D eigenvalue weighted by Gasteiger charge is -2.32. The molecule has 1 aliphatic heterocycles. The number of nitrogens with zero attached hydrogens (tertiary/aromatic N) is 2. The molecule has 2 aliphatic rings. The van der Waals surface area contributed by atoms with Crippen molar-refractivity contribution >= 4 is 5.78 Å². The summed E-state index contributed by atoms with van der Waals surface area (Å²) in [6.07, 6.45) is 8.87. The third-order valence-corrected chi connectivity index (χ3v) is 7.07. The van der Waals surface area contributed by atoms with Gasteiger partial charge in [0.2, 0.25) is 0 Å². The molecule has 2 heterocycles. The molecule has 4 heteroatoms. The molecule has 0 bridgehead atoms. The van der Waals surface area contributed by atoms with E-state index >= 15 is 0 Å². The standard InChI is InChI=1S/C26H28N2O2/c29-25(19-6-2-1-3-7-19)14-18-10-12-20(13-11-18)26(30)15-23-21-8-4-5-9-22(21)24-16-27-17-28(23)24/h1-9,16-18,20,23,26,30H,10-15H2. The minimum Gasteiger partial charge on any atom is -0.393 e. The van der Waals surface area contributed by atoms with Gasteiger partial charge in [-0.25, -0.2) is 4.98 Å². The minimum absolute atomic E-state index is 0.158. The molecule has 1 fully saturated rings. The van der Waals surface area contributed by atoms with E-state index in [9.17, 15) is 9.90 Å². The van der Waals surface area contributed by atoms with Crippen molar-refractivity contribution in [3.63, 3.8) is 0 Å². The molecule has 1 N–H and O–H groups in total. The second-order valence-electron chi connectivity index (χ2n) is 8.87. The van der Waals surface area contributed by atoms with Gasteiger partial charge in [-0.2, -0.15) is 0 Å². The minimum atomic E-state index is -0.331. The van der Waals surface area contributed by atoms with Crippen LogP contribution in [-0.4, -0.2) is 26.5 Å². The monoisotopic (exact) mass is 400 g/mol. The fraction of sp³-hybridized carbons (Fsp3) is 0.385. The van der Waals surface area contributed by atoms with Crippen LogP contribution in [0.3, 0.4) is 0 Å². The molecule has 0 saturated heterocycles. The largest absolute Gasteiger partial charge is 0.393 e. The molecule has 0 radical (unpaired) electrons. The van der Waals surface area contributed by atoms with Crippen molar-refractivity contribution in [2.45, 2.75) is 50.7 Å². The third-order valence-electron chi connectivity index (χ3n) is 7.07. The number of rotatable bonds is 6. The molecule has 0 spiro atoms. The van der Waals surface area contributed by atoms with Crippen LogP contribution >= 0.6 is 0 Å². The van der Waals surface area contributed by atoms with Crippen molar-refractivity contribution in [1.29, 1.82) is 0 Å². The van der Waals surface area contributed by atoms with Gasteiger partial charge in [0.05, 0.1) is 30.4 Å². The van der Waals surface area contributed by atoms with Crippen LogP contribution in [-0.2, 0) is 0 Å². The molecule has 2 atom stereocenters. The molecule has 2 aromatic carbocycles. The number of carbonyl (C=O) groups is 1. The van der Waals surface area contributed by atoms with Crippen LogP contribution in [0.2, 0.25) is 0 Å². The summed E-state index contributed by atoms with van der Waals surface area (Å²) in [4.78, 5) is 16.8. The van der Waals surface area contributed by atoms with E-state index in [1.54, 1.807) is 0 Å². The van der Waals surface area contributed by atoms with Gasteiger partial charge >= 0.3 is 0 Å². The lowest BCUT2D eigenvalue weighted by molar-refractivity contribution is 0.0571. The Hall–Kier alpha value is -2.72. The number of hydrogen-bond acceptors (Lipinski definition) is 3. The topological polar surface area (TPSA) is 55.1 Å². The summed E-state index contributed by atoms with van der Waals surface area (Å²) < 4.78 is 2.21. The zero-order valence-corrected chi connectivity index (χ0v) is 17.2. The van der Waals surface area contributed by atoms with E-state index in [0.29, 0.717) is 18.3 Å². The normalized spacial score (nSPS) is 23.6. The average Bonchev–Trinajstić information content (AvgIpc) is 3.37. The Morgan fingerprint density at radius 2 is 1.77 bits per heavy atom. The SMILES string of the molecule is O=C(CC1CCC(C(O)CC2c3ccccc3-c3cncn32)CC1)c1ccccc1. The second kappa shape index (κ2) is 8.19. The van der Waals surface area contributed by atoms with E-state index in [-0.39, 0.29) is 17.9 Å². The van der Waals surface area contributed by atoms with E-state index in [0.717, 1.165) is 43.4 Å². The number of Topliss-reactive ketones (excluding diaryl/α,β-unsaturated/α-hetero) is 1. The fourth-order valence-electron chi connectivity index (χ4n) is 5.38. The molecule has 30 heavy (non-hydrogen) atoms.